The molecule has 0 aliphatic carbocycles. The van der Waals surface area contributed by atoms with E-state index in [0.717, 1.165) is 11.1 Å². The minimum atomic E-state index is -0.474. The largest absolute Gasteiger partial charge is 0.369 e. The van der Waals surface area contributed by atoms with Crippen LogP contribution < -0.4 is 5.73 Å². The molecule has 1 heterocycles. The molecule has 0 unspecified atom stereocenters. The van der Waals surface area contributed by atoms with Crippen LogP contribution in [0.4, 0.5) is 4.39 Å². The molecule has 0 saturated heterocycles. The van der Waals surface area contributed by atoms with Gasteiger partial charge in [-0.1, -0.05) is 50.2 Å². The Bertz CT molecular complexity index is 951. The van der Waals surface area contributed by atoms with Gasteiger partial charge < -0.3 is 5.73 Å². The Morgan fingerprint density at radius 3 is 2.30 bits per heavy atom. The smallest absolute Gasteiger partial charge is 0.232 e. The van der Waals surface area contributed by atoms with Gasteiger partial charge in [-0.3, -0.25) is 14.5 Å². The Morgan fingerprint density at radius 1 is 1.13 bits per heavy atom. The van der Waals surface area contributed by atoms with Crippen LogP contribution in [0.5, 0.6) is 0 Å². The lowest BCUT2D eigenvalue weighted by atomic mass is 9.84. The van der Waals surface area contributed by atoms with Crippen molar-refractivity contribution in [2.75, 3.05) is 0 Å². The van der Waals surface area contributed by atoms with Gasteiger partial charge in [-0.15, -0.1) is 0 Å². The summed E-state index contributed by atoms with van der Waals surface area (Å²) in [6.07, 6.45) is 1.24. The zero-order valence-electron chi connectivity index (χ0n) is 17.7. The van der Waals surface area contributed by atoms with Crippen LogP contribution in [-0.4, -0.2) is 28.1 Å². The van der Waals surface area contributed by atoms with Crippen LogP contribution >= 0.6 is 0 Å². The molecule has 6 heteroatoms. The Hall–Kier alpha value is -3.02. The van der Waals surface area contributed by atoms with E-state index in [-0.39, 0.29) is 29.4 Å². The number of benzene rings is 2. The second-order valence-corrected chi connectivity index (χ2v) is 8.39. The maximum Gasteiger partial charge on any atom is 0.232 e. The van der Waals surface area contributed by atoms with Crippen molar-refractivity contribution in [2.24, 2.45) is 16.6 Å². The van der Waals surface area contributed by atoms with Gasteiger partial charge in [-0.05, 0) is 42.5 Å². The maximum absolute atomic E-state index is 13.0. The molecule has 0 saturated carbocycles. The summed E-state index contributed by atoms with van der Waals surface area (Å²) in [6.45, 7) is 6.34. The number of nitrogens with zero attached hydrogens (tertiary/aromatic N) is 2. The Morgan fingerprint density at radius 2 is 1.73 bits per heavy atom. The third-order valence-electron chi connectivity index (χ3n) is 5.87. The van der Waals surface area contributed by atoms with E-state index in [0.29, 0.717) is 31.4 Å². The molecule has 0 radical (unpaired) electrons. The fourth-order valence-electron chi connectivity index (χ4n) is 3.43. The monoisotopic (exact) mass is 409 g/mol. The third kappa shape index (κ3) is 4.93. The van der Waals surface area contributed by atoms with Crippen LogP contribution in [0.25, 0.3) is 0 Å². The molecule has 30 heavy (non-hydrogen) atoms. The molecule has 0 fully saturated rings. The van der Waals surface area contributed by atoms with Crippen LogP contribution in [0.15, 0.2) is 53.5 Å². The molecule has 1 aliphatic rings. The Kier molecular flexibility index (Phi) is 6.34. The number of carbonyl (C=O) groups is 2. The van der Waals surface area contributed by atoms with E-state index in [1.54, 1.807) is 24.3 Å². The highest BCUT2D eigenvalue weighted by Crippen LogP contribution is 2.30. The highest BCUT2D eigenvalue weighted by atomic mass is 19.1. The van der Waals surface area contributed by atoms with Crippen molar-refractivity contribution in [3.05, 3.63) is 71.0 Å². The lowest BCUT2D eigenvalue weighted by molar-refractivity contribution is -0.130. The minimum Gasteiger partial charge on any atom is -0.369 e. The van der Waals surface area contributed by atoms with Gasteiger partial charge in [0.05, 0.1) is 18.5 Å². The zero-order chi connectivity index (χ0) is 21.9. The second-order valence-electron chi connectivity index (χ2n) is 8.39. The number of hydrogen-bond acceptors (Lipinski definition) is 4. The normalized spacial score (nSPS) is 19.2. The number of Topliss-reactive ketones (excluding diaryl/α,β-unsaturated/α-hetero) is 1. The molecule has 2 aromatic rings. The van der Waals surface area contributed by atoms with E-state index in [4.69, 9.17) is 5.73 Å². The topological polar surface area (TPSA) is 75.8 Å². The molecule has 1 atom stereocenters. The number of carbonyl (C=O) groups excluding carboxylic acids is 2. The summed E-state index contributed by atoms with van der Waals surface area (Å²) < 4.78 is 13.0. The third-order valence-corrected chi connectivity index (χ3v) is 5.87. The van der Waals surface area contributed by atoms with Crippen LogP contribution in [-0.2, 0) is 17.8 Å². The summed E-state index contributed by atoms with van der Waals surface area (Å²) in [4.78, 5) is 31.1. The summed E-state index contributed by atoms with van der Waals surface area (Å²) in [7, 11) is 0. The van der Waals surface area contributed by atoms with Gasteiger partial charge in [0.2, 0.25) is 5.91 Å². The number of ketones is 1. The van der Waals surface area contributed by atoms with Crippen LogP contribution in [0.3, 0.4) is 0 Å². The van der Waals surface area contributed by atoms with Crippen LogP contribution in [0.1, 0.15) is 55.1 Å². The second kappa shape index (κ2) is 8.78. The molecular weight excluding hydrogens is 381 g/mol. The molecular formula is C24H28FN3O2. The SMILES string of the molecule is CC(C)[C@]1(C)CC(=O)N(Cc2ccc(C(=O)CCc3ccc(F)cc3)cc2)C(N)=N1. The number of aryl methyl sites for hydroxylation is 1. The van der Waals surface area contributed by atoms with E-state index >= 15 is 0 Å². The molecule has 2 aromatic carbocycles. The molecule has 0 bridgehead atoms. The highest BCUT2D eigenvalue weighted by molar-refractivity contribution is 5.99. The summed E-state index contributed by atoms with van der Waals surface area (Å²) in [6, 6.07) is 13.4. The van der Waals surface area contributed by atoms with Crippen molar-refractivity contribution < 1.29 is 14.0 Å². The van der Waals surface area contributed by atoms with Gasteiger partial charge in [0.1, 0.15) is 5.82 Å². The molecule has 5 nitrogen and oxygen atoms in total. The Labute approximate surface area is 176 Å². The first-order valence-electron chi connectivity index (χ1n) is 10.2. The molecule has 0 aromatic heterocycles. The first kappa shape index (κ1) is 21.7. The average Bonchev–Trinajstić information content (AvgIpc) is 2.70. The summed E-state index contributed by atoms with van der Waals surface area (Å²) >= 11 is 0. The number of nitrogens with two attached hydrogens (primary N) is 1. The number of amides is 1. The molecule has 1 aliphatic heterocycles. The fourth-order valence-corrected chi connectivity index (χ4v) is 3.43. The van der Waals surface area contributed by atoms with Crippen molar-refractivity contribution >= 4 is 17.6 Å². The number of hydrogen-bond donors (Lipinski definition) is 1. The van der Waals surface area contributed by atoms with E-state index in [1.807, 2.05) is 32.9 Å². The van der Waals surface area contributed by atoms with Gasteiger partial charge in [0.25, 0.3) is 0 Å². The van der Waals surface area contributed by atoms with Crippen molar-refractivity contribution in [1.82, 2.24) is 4.90 Å². The van der Waals surface area contributed by atoms with E-state index < -0.39 is 5.54 Å². The lowest BCUT2D eigenvalue weighted by Crippen LogP contribution is -2.51. The van der Waals surface area contributed by atoms with E-state index in [1.165, 1.54) is 17.0 Å². The van der Waals surface area contributed by atoms with E-state index in [2.05, 4.69) is 4.99 Å². The molecule has 2 N–H and O–H groups in total. The molecule has 0 spiro atoms. The zero-order valence-corrected chi connectivity index (χ0v) is 17.7. The maximum atomic E-state index is 13.0. The standard InChI is InChI=1S/C24H28FN3O2/c1-16(2)24(3)14-22(30)28(23(26)27-24)15-18-4-9-19(10-5-18)21(29)13-8-17-6-11-20(25)12-7-17/h4-7,9-12,16H,8,13-15H2,1-3H3,(H2,26,27)/t24-/m0/s1. The van der Waals surface area contributed by atoms with Gasteiger partial charge in [0.15, 0.2) is 11.7 Å². The van der Waals surface area contributed by atoms with Gasteiger partial charge in [0, 0.05) is 12.0 Å². The van der Waals surface area contributed by atoms with Gasteiger partial charge >= 0.3 is 0 Å². The number of rotatable bonds is 7. The predicted octanol–water partition coefficient (Wildman–Crippen LogP) is 4.10. The summed E-state index contributed by atoms with van der Waals surface area (Å²) in [5.41, 5.74) is 8.03. The highest BCUT2D eigenvalue weighted by Gasteiger charge is 2.38. The number of guanidine groups is 1. The van der Waals surface area contributed by atoms with E-state index in [9.17, 15) is 14.0 Å². The van der Waals surface area contributed by atoms with Crippen LogP contribution in [0.2, 0.25) is 0 Å². The van der Waals surface area contributed by atoms with Crippen molar-refractivity contribution in [1.29, 1.82) is 0 Å². The first-order valence-corrected chi connectivity index (χ1v) is 10.2. The summed E-state index contributed by atoms with van der Waals surface area (Å²) in [5, 5.41) is 0. The quantitative estimate of drug-likeness (QED) is 0.700. The first-order chi connectivity index (χ1) is 14.2. The lowest BCUT2D eigenvalue weighted by Gasteiger charge is -2.37. The van der Waals surface area contributed by atoms with Crippen molar-refractivity contribution in [2.45, 2.75) is 52.1 Å². The van der Waals surface area contributed by atoms with Crippen molar-refractivity contribution in [3.63, 3.8) is 0 Å². The Balaban J connectivity index is 1.62. The van der Waals surface area contributed by atoms with Crippen molar-refractivity contribution in [3.8, 4) is 0 Å². The van der Waals surface area contributed by atoms with Crippen LogP contribution in [0, 0.1) is 11.7 Å². The molecule has 1 amide bonds. The molecule has 3 rings (SSSR count). The minimum absolute atomic E-state index is 0.0219. The number of halogens is 1. The molecule has 158 valence electrons. The number of aliphatic imine (C=N–C) groups is 1. The fraction of sp³-hybridized carbons (Fsp3) is 0.375. The van der Waals surface area contributed by atoms with Gasteiger partial charge in [-0.2, -0.15) is 0 Å². The average molecular weight is 410 g/mol. The van der Waals surface area contributed by atoms with Gasteiger partial charge in [-0.25, -0.2) is 9.38 Å². The predicted molar refractivity (Wildman–Crippen MR) is 116 cm³/mol. The summed E-state index contributed by atoms with van der Waals surface area (Å²) in [5.74, 6) is 0.142.